The van der Waals surface area contributed by atoms with E-state index in [1.807, 2.05) is 0 Å². The molecule has 0 aliphatic heterocycles. The van der Waals surface area contributed by atoms with E-state index in [-0.39, 0.29) is 11.5 Å². The van der Waals surface area contributed by atoms with Crippen LogP contribution in [0.1, 0.15) is 58.3 Å². The molecule has 0 aromatic rings. The molecule has 0 heterocycles. The van der Waals surface area contributed by atoms with Crippen molar-refractivity contribution < 1.29 is 4.79 Å². The van der Waals surface area contributed by atoms with Gasteiger partial charge in [-0.1, -0.05) is 19.8 Å². The van der Waals surface area contributed by atoms with Gasteiger partial charge < -0.3 is 5.73 Å². The van der Waals surface area contributed by atoms with E-state index in [1.54, 1.807) is 0 Å². The molecule has 3 aliphatic rings. The zero-order chi connectivity index (χ0) is 12.0. The summed E-state index contributed by atoms with van der Waals surface area (Å²) in [5, 5.41) is 0. The Morgan fingerprint density at radius 2 is 2.12 bits per heavy atom. The van der Waals surface area contributed by atoms with Crippen molar-refractivity contribution in [3.63, 3.8) is 0 Å². The predicted molar refractivity (Wildman–Crippen MR) is 68.5 cm³/mol. The summed E-state index contributed by atoms with van der Waals surface area (Å²) in [6.45, 7) is 2.11. The third kappa shape index (κ3) is 1.85. The first-order chi connectivity index (χ1) is 8.09. The minimum Gasteiger partial charge on any atom is -0.327 e. The molecule has 3 rings (SSSR count). The van der Waals surface area contributed by atoms with Crippen LogP contribution in [-0.4, -0.2) is 11.8 Å². The van der Waals surface area contributed by atoms with Gasteiger partial charge in [-0.2, -0.15) is 0 Å². The van der Waals surface area contributed by atoms with Crippen LogP contribution in [0.25, 0.3) is 0 Å². The van der Waals surface area contributed by atoms with Gasteiger partial charge in [-0.3, -0.25) is 4.79 Å². The molecular formula is C15H25NO. The maximum Gasteiger partial charge on any atom is 0.140 e. The molecular weight excluding hydrogens is 210 g/mol. The molecule has 0 spiro atoms. The number of hydrogen-bond acceptors (Lipinski definition) is 2. The smallest absolute Gasteiger partial charge is 0.140 e. The third-order valence-electron chi connectivity index (χ3n) is 6.00. The lowest BCUT2D eigenvalue weighted by Gasteiger charge is -2.30. The van der Waals surface area contributed by atoms with Gasteiger partial charge in [-0.25, -0.2) is 0 Å². The Hall–Kier alpha value is -0.370. The Morgan fingerprint density at radius 3 is 2.65 bits per heavy atom. The predicted octanol–water partition coefficient (Wildman–Crippen LogP) is 2.90. The Morgan fingerprint density at radius 1 is 1.29 bits per heavy atom. The Labute approximate surface area is 104 Å². The highest BCUT2D eigenvalue weighted by Crippen LogP contribution is 2.51. The van der Waals surface area contributed by atoms with E-state index in [1.165, 1.54) is 25.7 Å². The summed E-state index contributed by atoms with van der Waals surface area (Å²) in [6, 6.07) is 0.119. The van der Waals surface area contributed by atoms with E-state index in [0.29, 0.717) is 11.7 Å². The van der Waals surface area contributed by atoms with Gasteiger partial charge in [0.1, 0.15) is 5.78 Å². The maximum absolute atomic E-state index is 12.5. The number of carbonyl (C=O) groups is 1. The van der Waals surface area contributed by atoms with Gasteiger partial charge in [0.2, 0.25) is 0 Å². The first-order valence-corrected chi connectivity index (χ1v) is 7.38. The highest BCUT2D eigenvalue weighted by Gasteiger charge is 2.46. The molecule has 3 fully saturated rings. The summed E-state index contributed by atoms with van der Waals surface area (Å²) in [5.74, 6) is 2.99. The van der Waals surface area contributed by atoms with Crippen molar-refractivity contribution in [3.8, 4) is 0 Å². The molecule has 2 bridgehead atoms. The normalized spacial score (nSPS) is 48.8. The molecule has 96 valence electrons. The van der Waals surface area contributed by atoms with Crippen LogP contribution in [0.4, 0.5) is 0 Å². The molecule has 17 heavy (non-hydrogen) atoms. The molecule has 2 heteroatoms. The summed E-state index contributed by atoms with van der Waals surface area (Å²) >= 11 is 0. The fraction of sp³-hybridized carbons (Fsp3) is 0.933. The van der Waals surface area contributed by atoms with Crippen molar-refractivity contribution in [1.29, 1.82) is 0 Å². The lowest BCUT2D eigenvalue weighted by Crippen LogP contribution is -2.42. The second-order valence-electron chi connectivity index (χ2n) is 6.98. The largest absolute Gasteiger partial charge is 0.327 e. The summed E-state index contributed by atoms with van der Waals surface area (Å²) in [6.07, 6.45) is 9.55. The number of nitrogens with two attached hydrogens (primary N) is 1. The van der Waals surface area contributed by atoms with E-state index in [9.17, 15) is 4.79 Å². The molecule has 3 aliphatic carbocycles. The standard InChI is InChI=1S/C15H25NO/c1-15(6-2-3-13(15)16)14(17)9-12-8-10-4-5-11(12)7-10/h10-13H,2-9,16H2,1H3. The van der Waals surface area contributed by atoms with E-state index in [2.05, 4.69) is 6.92 Å². The van der Waals surface area contributed by atoms with Crippen LogP contribution >= 0.6 is 0 Å². The molecule has 5 atom stereocenters. The van der Waals surface area contributed by atoms with Crippen LogP contribution in [-0.2, 0) is 4.79 Å². The van der Waals surface area contributed by atoms with Gasteiger partial charge in [-0.15, -0.1) is 0 Å². The van der Waals surface area contributed by atoms with Gasteiger partial charge in [0.05, 0.1) is 0 Å². The number of Topliss-reactive ketones (excluding diaryl/α,β-unsaturated/α-hetero) is 1. The van der Waals surface area contributed by atoms with Gasteiger partial charge in [-0.05, 0) is 49.9 Å². The highest BCUT2D eigenvalue weighted by molar-refractivity contribution is 5.85. The maximum atomic E-state index is 12.5. The Balaban J connectivity index is 1.64. The van der Waals surface area contributed by atoms with E-state index < -0.39 is 0 Å². The number of carbonyl (C=O) groups excluding carboxylic acids is 1. The summed E-state index contributed by atoms with van der Waals surface area (Å²) in [5.41, 5.74) is 5.95. The van der Waals surface area contributed by atoms with Crippen molar-refractivity contribution in [2.75, 3.05) is 0 Å². The number of ketones is 1. The minimum atomic E-state index is -0.193. The molecule has 0 amide bonds. The van der Waals surface area contributed by atoms with E-state index >= 15 is 0 Å². The Kier molecular flexibility index (Phi) is 2.81. The average molecular weight is 235 g/mol. The monoisotopic (exact) mass is 235 g/mol. The number of hydrogen-bond donors (Lipinski definition) is 1. The number of fused-ring (bicyclic) bond motifs is 2. The fourth-order valence-corrected chi connectivity index (χ4v) is 4.64. The second-order valence-corrected chi connectivity index (χ2v) is 6.98. The van der Waals surface area contributed by atoms with Crippen molar-refractivity contribution in [1.82, 2.24) is 0 Å². The third-order valence-corrected chi connectivity index (χ3v) is 6.00. The van der Waals surface area contributed by atoms with Crippen LogP contribution in [0.2, 0.25) is 0 Å². The van der Waals surface area contributed by atoms with Gasteiger partial charge >= 0.3 is 0 Å². The lowest BCUT2D eigenvalue weighted by molar-refractivity contribution is -0.129. The van der Waals surface area contributed by atoms with Gasteiger partial charge in [0, 0.05) is 17.9 Å². The molecule has 5 unspecified atom stereocenters. The summed E-state index contributed by atoms with van der Waals surface area (Å²) in [4.78, 5) is 12.5. The van der Waals surface area contributed by atoms with Crippen molar-refractivity contribution in [2.24, 2.45) is 28.9 Å². The summed E-state index contributed by atoms with van der Waals surface area (Å²) in [7, 11) is 0. The second kappa shape index (κ2) is 4.08. The molecule has 0 aromatic heterocycles. The number of rotatable bonds is 3. The zero-order valence-electron chi connectivity index (χ0n) is 11.0. The topological polar surface area (TPSA) is 43.1 Å². The van der Waals surface area contributed by atoms with Crippen LogP contribution in [0, 0.1) is 23.2 Å². The molecule has 0 aromatic carbocycles. The van der Waals surface area contributed by atoms with Crippen molar-refractivity contribution in [3.05, 3.63) is 0 Å². The van der Waals surface area contributed by atoms with Crippen LogP contribution in [0.5, 0.6) is 0 Å². The minimum absolute atomic E-state index is 0.119. The molecule has 0 radical (unpaired) electrons. The van der Waals surface area contributed by atoms with Gasteiger partial charge in [0.25, 0.3) is 0 Å². The fourth-order valence-electron chi connectivity index (χ4n) is 4.64. The average Bonchev–Trinajstić information content (AvgIpc) is 2.96. The summed E-state index contributed by atoms with van der Waals surface area (Å²) < 4.78 is 0. The molecule has 2 N–H and O–H groups in total. The molecule has 2 nitrogen and oxygen atoms in total. The lowest BCUT2D eigenvalue weighted by atomic mass is 9.74. The van der Waals surface area contributed by atoms with Crippen LogP contribution in [0.15, 0.2) is 0 Å². The molecule has 3 saturated carbocycles. The van der Waals surface area contributed by atoms with E-state index in [4.69, 9.17) is 5.73 Å². The van der Waals surface area contributed by atoms with Crippen LogP contribution in [0.3, 0.4) is 0 Å². The van der Waals surface area contributed by atoms with Crippen molar-refractivity contribution >= 4 is 5.78 Å². The van der Waals surface area contributed by atoms with Gasteiger partial charge in [0.15, 0.2) is 0 Å². The quantitative estimate of drug-likeness (QED) is 0.817. The first kappa shape index (κ1) is 11.7. The first-order valence-electron chi connectivity index (χ1n) is 7.38. The molecule has 0 saturated heterocycles. The zero-order valence-corrected chi connectivity index (χ0v) is 11.0. The Bertz CT molecular complexity index is 327. The highest BCUT2D eigenvalue weighted by atomic mass is 16.1. The van der Waals surface area contributed by atoms with Crippen molar-refractivity contribution in [2.45, 2.75) is 64.3 Å². The van der Waals surface area contributed by atoms with E-state index in [0.717, 1.165) is 37.5 Å². The van der Waals surface area contributed by atoms with Crippen LogP contribution < -0.4 is 5.73 Å². The SMILES string of the molecule is CC1(C(=O)CC2CC3CCC2C3)CCCC1N.